The number of rotatable bonds is 5. The van der Waals surface area contributed by atoms with Crippen molar-refractivity contribution in [3.63, 3.8) is 0 Å². The minimum absolute atomic E-state index is 0.0741. The third kappa shape index (κ3) is 3.32. The molecule has 0 radical (unpaired) electrons. The number of nitrogens with zero attached hydrogens (tertiary/aromatic N) is 1. The van der Waals surface area contributed by atoms with Crippen molar-refractivity contribution in [3.05, 3.63) is 24.3 Å². The van der Waals surface area contributed by atoms with Crippen LogP contribution >= 0.6 is 11.8 Å². The molecule has 2 amide bonds. The Kier molecular flexibility index (Phi) is 5.18. The smallest absolute Gasteiger partial charge is 0.250 e. The van der Waals surface area contributed by atoms with Gasteiger partial charge in [-0.1, -0.05) is 25.0 Å². The second-order valence-corrected chi connectivity index (χ2v) is 7.93. The topological polar surface area (TPSA) is 49.4 Å². The van der Waals surface area contributed by atoms with E-state index in [2.05, 4.69) is 5.32 Å². The van der Waals surface area contributed by atoms with Gasteiger partial charge in [0.2, 0.25) is 11.8 Å². The van der Waals surface area contributed by atoms with E-state index in [4.69, 9.17) is 0 Å². The number of thioether (sulfide) groups is 1. The second kappa shape index (κ2) is 7.18. The summed E-state index contributed by atoms with van der Waals surface area (Å²) in [6.45, 7) is 2.58. The summed E-state index contributed by atoms with van der Waals surface area (Å²) in [7, 11) is 0. The van der Waals surface area contributed by atoms with E-state index < -0.39 is 5.54 Å². The zero-order valence-corrected chi connectivity index (χ0v) is 15.3. The Balaban J connectivity index is 1.65. The quantitative estimate of drug-likeness (QED) is 0.822. The van der Waals surface area contributed by atoms with Crippen LogP contribution in [0.3, 0.4) is 0 Å². The van der Waals surface area contributed by atoms with Crippen LogP contribution in [0, 0.1) is 5.92 Å². The minimum atomic E-state index is -0.707. The molecule has 1 saturated heterocycles. The molecule has 1 aromatic carbocycles. The van der Waals surface area contributed by atoms with Gasteiger partial charge in [-0.2, -0.15) is 0 Å². The van der Waals surface area contributed by atoms with Crippen LogP contribution < -0.4 is 5.32 Å². The number of likely N-dealkylation sites (tertiary alicyclic amines) is 1. The molecule has 4 nitrogen and oxygen atoms in total. The summed E-state index contributed by atoms with van der Waals surface area (Å²) < 4.78 is 0. The van der Waals surface area contributed by atoms with E-state index in [9.17, 15) is 9.59 Å². The Morgan fingerprint density at radius 2 is 2.00 bits per heavy atom. The predicted molar refractivity (Wildman–Crippen MR) is 98.2 cm³/mol. The number of para-hydroxylation sites is 1. The molecule has 1 aliphatic carbocycles. The van der Waals surface area contributed by atoms with E-state index in [1.165, 1.54) is 12.8 Å². The molecule has 1 aliphatic heterocycles. The van der Waals surface area contributed by atoms with Crippen molar-refractivity contribution in [2.75, 3.05) is 18.1 Å². The van der Waals surface area contributed by atoms with Crippen LogP contribution in [0.2, 0.25) is 0 Å². The Morgan fingerprint density at radius 1 is 1.29 bits per heavy atom. The largest absolute Gasteiger partial charge is 0.328 e. The van der Waals surface area contributed by atoms with Crippen molar-refractivity contribution in [3.8, 4) is 0 Å². The first-order chi connectivity index (χ1) is 11.5. The number of amides is 2. The zero-order valence-electron chi connectivity index (χ0n) is 14.5. The standard InChI is InChI=1S/C19H26N2O2S/c1-19(18(23)20-15-9-5-6-10-16(15)24-2)11-12-21(19)17(22)13-14-7-3-4-8-14/h5-6,9-10,14H,3-4,7-8,11-13H2,1-2H3,(H,20,23). The molecule has 0 bridgehead atoms. The summed E-state index contributed by atoms with van der Waals surface area (Å²) >= 11 is 1.61. The van der Waals surface area contributed by atoms with E-state index in [1.807, 2.05) is 37.4 Å². The molecule has 1 N–H and O–H groups in total. The maximum absolute atomic E-state index is 12.8. The van der Waals surface area contributed by atoms with Gasteiger partial charge in [0.05, 0.1) is 5.69 Å². The lowest BCUT2D eigenvalue weighted by molar-refractivity contribution is -0.155. The van der Waals surface area contributed by atoms with Gasteiger partial charge in [-0.3, -0.25) is 9.59 Å². The molecule has 130 valence electrons. The lowest BCUT2D eigenvalue weighted by atomic mass is 9.84. The highest BCUT2D eigenvalue weighted by Gasteiger charge is 2.49. The highest BCUT2D eigenvalue weighted by atomic mass is 32.2. The number of hydrogen-bond acceptors (Lipinski definition) is 3. The molecule has 5 heteroatoms. The first-order valence-electron chi connectivity index (χ1n) is 8.79. The molecule has 1 saturated carbocycles. The molecule has 24 heavy (non-hydrogen) atoms. The third-order valence-electron chi connectivity index (χ3n) is 5.50. The molecule has 1 aromatic rings. The van der Waals surface area contributed by atoms with Gasteiger partial charge in [0.25, 0.3) is 0 Å². The highest BCUT2D eigenvalue weighted by molar-refractivity contribution is 7.98. The monoisotopic (exact) mass is 346 g/mol. The van der Waals surface area contributed by atoms with Crippen LogP contribution in [0.15, 0.2) is 29.2 Å². The van der Waals surface area contributed by atoms with E-state index in [0.717, 1.165) is 29.8 Å². The number of carbonyl (C=O) groups is 2. The number of anilines is 1. The van der Waals surface area contributed by atoms with Crippen molar-refractivity contribution in [1.82, 2.24) is 4.90 Å². The molecule has 2 fully saturated rings. The SMILES string of the molecule is CSc1ccccc1NC(=O)C1(C)CCN1C(=O)CC1CCCC1. The lowest BCUT2D eigenvalue weighted by Gasteiger charge is -2.49. The van der Waals surface area contributed by atoms with E-state index >= 15 is 0 Å². The number of benzene rings is 1. The van der Waals surface area contributed by atoms with Crippen LogP contribution in [-0.4, -0.2) is 35.1 Å². The van der Waals surface area contributed by atoms with Crippen LogP contribution in [0.1, 0.15) is 45.4 Å². The van der Waals surface area contributed by atoms with Crippen molar-refractivity contribution in [2.24, 2.45) is 5.92 Å². The van der Waals surface area contributed by atoms with Gasteiger partial charge in [0.15, 0.2) is 0 Å². The molecule has 1 heterocycles. The van der Waals surface area contributed by atoms with Crippen LogP contribution in [0.5, 0.6) is 0 Å². The molecule has 1 atom stereocenters. The van der Waals surface area contributed by atoms with Crippen molar-refractivity contribution >= 4 is 29.3 Å². The van der Waals surface area contributed by atoms with E-state index in [-0.39, 0.29) is 11.8 Å². The average molecular weight is 346 g/mol. The lowest BCUT2D eigenvalue weighted by Crippen LogP contribution is -2.66. The number of nitrogens with one attached hydrogen (secondary N) is 1. The molecular formula is C19H26N2O2S. The summed E-state index contributed by atoms with van der Waals surface area (Å²) in [6.07, 6.45) is 8.12. The van der Waals surface area contributed by atoms with Gasteiger partial charge in [-0.15, -0.1) is 11.8 Å². The minimum Gasteiger partial charge on any atom is -0.328 e. The average Bonchev–Trinajstić information content (AvgIpc) is 3.06. The molecule has 3 rings (SSSR count). The van der Waals surface area contributed by atoms with E-state index in [1.54, 1.807) is 16.7 Å². The van der Waals surface area contributed by atoms with Crippen LogP contribution in [-0.2, 0) is 9.59 Å². The number of hydrogen-bond donors (Lipinski definition) is 1. The Bertz CT molecular complexity index is 628. The van der Waals surface area contributed by atoms with Crippen molar-refractivity contribution in [1.29, 1.82) is 0 Å². The molecular weight excluding hydrogens is 320 g/mol. The van der Waals surface area contributed by atoms with Crippen molar-refractivity contribution < 1.29 is 9.59 Å². The summed E-state index contributed by atoms with van der Waals surface area (Å²) in [5.74, 6) is 0.585. The van der Waals surface area contributed by atoms with Gasteiger partial charge in [0.1, 0.15) is 5.54 Å². The van der Waals surface area contributed by atoms with Gasteiger partial charge in [-0.05, 0) is 50.5 Å². The Hall–Kier alpha value is -1.49. The highest BCUT2D eigenvalue weighted by Crippen LogP contribution is 2.36. The fourth-order valence-electron chi connectivity index (χ4n) is 3.77. The van der Waals surface area contributed by atoms with Gasteiger partial charge in [-0.25, -0.2) is 0 Å². The number of carbonyl (C=O) groups excluding carboxylic acids is 2. The van der Waals surface area contributed by atoms with Gasteiger partial charge in [0, 0.05) is 17.9 Å². The third-order valence-corrected chi connectivity index (χ3v) is 6.30. The maximum atomic E-state index is 12.8. The van der Waals surface area contributed by atoms with Crippen molar-refractivity contribution in [2.45, 2.75) is 55.9 Å². The van der Waals surface area contributed by atoms with Crippen LogP contribution in [0.25, 0.3) is 0 Å². The summed E-state index contributed by atoms with van der Waals surface area (Å²) in [4.78, 5) is 28.3. The Labute approximate surface area is 148 Å². The Morgan fingerprint density at radius 3 is 2.62 bits per heavy atom. The van der Waals surface area contributed by atoms with Crippen LogP contribution in [0.4, 0.5) is 5.69 Å². The summed E-state index contributed by atoms with van der Waals surface area (Å²) in [5.41, 5.74) is 0.118. The predicted octanol–water partition coefficient (Wildman–Crippen LogP) is 3.92. The molecule has 0 aromatic heterocycles. The molecule has 0 spiro atoms. The first kappa shape index (κ1) is 17.3. The maximum Gasteiger partial charge on any atom is 0.250 e. The molecule has 1 unspecified atom stereocenters. The zero-order chi connectivity index (χ0) is 17.2. The fourth-order valence-corrected chi connectivity index (χ4v) is 4.33. The summed E-state index contributed by atoms with van der Waals surface area (Å²) in [5, 5.41) is 3.03. The first-order valence-corrected chi connectivity index (χ1v) is 10.0. The second-order valence-electron chi connectivity index (χ2n) is 7.08. The van der Waals surface area contributed by atoms with Gasteiger partial charge >= 0.3 is 0 Å². The normalized spacial score (nSPS) is 23.8. The fraction of sp³-hybridized carbons (Fsp3) is 0.579. The molecule has 2 aliphatic rings. The van der Waals surface area contributed by atoms with Gasteiger partial charge < -0.3 is 10.2 Å². The van der Waals surface area contributed by atoms with E-state index in [0.29, 0.717) is 18.9 Å². The summed E-state index contributed by atoms with van der Waals surface area (Å²) in [6, 6.07) is 7.79.